The molecule has 0 saturated heterocycles. The number of carbonyl (C=O) groups is 1. The molecule has 0 heterocycles. The van der Waals surface area contributed by atoms with Gasteiger partial charge in [0.05, 0.1) is 5.56 Å². The van der Waals surface area contributed by atoms with E-state index in [0.717, 1.165) is 12.1 Å². The van der Waals surface area contributed by atoms with Crippen LogP contribution in [0.2, 0.25) is 0 Å². The van der Waals surface area contributed by atoms with Gasteiger partial charge in [0.25, 0.3) is 0 Å². The summed E-state index contributed by atoms with van der Waals surface area (Å²) in [7, 11) is 0. The third-order valence-corrected chi connectivity index (χ3v) is 2.34. The van der Waals surface area contributed by atoms with Crippen LogP contribution in [0.4, 0.5) is 13.2 Å². The maximum Gasteiger partial charge on any atom is 0.573 e. The van der Waals surface area contributed by atoms with Gasteiger partial charge in [-0.3, -0.25) is 0 Å². The molecule has 0 atom stereocenters. The lowest BCUT2D eigenvalue weighted by molar-refractivity contribution is -0.274. The molecule has 0 aliphatic carbocycles. The lowest BCUT2D eigenvalue weighted by Gasteiger charge is -2.09. The summed E-state index contributed by atoms with van der Waals surface area (Å²) >= 11 is 1.71. The molecular weight excluding hydrogens is 328 g/mol. The van der Waals surface area contributed by atoms with Crippen molar-refractivity contribution in [3.05, 3.63) is 27.3 Å². The number of ether oxygens (including phenoxy) is 1. The fraction of sp³-hybridized carbons (Fsp3) is 0.125. The van der Waals surface area contributed by atoms with Crippen LogP contribution in [0.5, 0.6) is 5.75 Å². The van der Waals surface area contributed by atoms with Crippen LogP contribution in [0.15, 0.2) is 18.2 Å². The number of rotatable bonds is 2. The Hall–Kier alpha value is -0.990. The lowest BCUT2D eigenvalue weighted by atomic mass is 10.2. The van der Waals surface area contributed by atoms with E-state index in [-0.39, 0.29) is 5.56 Å². The van der Waals surface area contributed by atoms with Gasteiger partial charge < -0.3 is 9.84 Å². The van der Waals surface area contributed by atoms with E-state index in [0.29, 0.717) is 3.57 Å². The standard InChI is InChI=1S/C8H4F3IO3/c9-8(10,11)15-4-1-2-6(12)5(3-4)7(13)14/h1-3H,(H,13,14). The fourth-order valence-corrected chi connectivity index (χ4v) is 1.43. The van der Waals surface area contributed by atoms with E-state index in [9.17, 15) is 18.0 Å². The molecule has 0 unspecified atom stereocenters. The zero-order chi connectivity index (χ0) is 11.6. The quantitative estimate of drug-likeness (QED) is 0.848. The highest BCUT2D eigenvalue weighted by atomic mass is 127. The number of carboxylic acid groups (broad SMARTS) is 1. The molecule has 1 aromatic rings. The van der Waals surface area contributed by atoms with Crippen molar-refractivity contribution in [1.29, 1.82) is 0 Å². The van der Waals surface area contributed by atoms with Gasteiger partial charge in [-0.05, 0) is 40.8 Å². The Labute approximate surface area is 96.0 Å². The van der Waals surface area contributed by atoms with Crippen LogP contribution in [0.25, 0.3) is 0 Å². The Bertz CT molecular complexity index is 389. The normalized spacial score (nSPS) is 11.2. The Balaban J connectivity index is 3.03. The van der Waals surface area contributed by atoms with Crippen molar-refractivity contribution < 1.29 is 27.8 Å². The Morgan fingerprint density at radius 3 is 2.47 bits per heavy atom. The first-order valence-corrected chi connectivity index (χ1v) is 4.66. The maximum absolute atomic E-state index is 11.8. The molecule has 0 aromatic heterocycles. The molecule has 82 valence electrons. The van der Waals surface area contributed by atoms with Gasteiger partial charge in [0.15, 0.2) is 0 Å². The topological polar surface area (TPSA) is 46.5 Å². The molecule has 0 saturated carbocycles. The van der Waals surface area contributed by atoms with E-state index in [1.165, 1.54) is 6.07 Å². The summed E-state index contributed by atoms with van der Waals surface area (Å²) in [4.78, 5) is 10.6. The molecule has 0 aliphatic rings. The zero-order valence-electron chi connectivity index (χ0n) is 7.01. The highest BCUT2D eigenvalue weighted by molar-refractivity contribution is 14.1. The van der Waals surface area contributed by atoms with Gasteiger partial charge in [-0.25, -0.2) is 4.79 Å². The van der Waals surface area contributed by atoms with E-state index in [1.807, 2.05) is 0 Å². The van der Waals surface area contributed by atoms with Gasteiger partial charge in [-0.15, -0.1) is 13.2 Å². The van der Waals surface area contributed by atoms with Crippen LogP contribution >= 0.6 is 22.6 Å². The van der Waals surface area contributed by atoms with E-state index in [2.05, 4.69) is 4.74 Å². The average Bonchev–Trinajstić information content (AvgIpc) is 2.05. The number of hydrogen-bond donors (Lipinski definition) is 1. The molecule has 7 heteroatoms. The highest BCUT2D eigenvalue weighted by Crippen LogP contribution is 2.25. The van der Waals surface area contributed by atoms with Crippen molar-refractivity contribution in [3.8, 4) is 5.75 Å². The largest absolute Gasteiger partial charge is 0.573 e. The first kappa shape index (κ1) is 12.1. The summed E-state index contributed by atoms with van der Waals surface area (Å²) in [5.41, 5.74) is -0.225. The van der Waals surface area contributed by atoms with Crippen molar-refractivity contribution in [2.24, 2.45) is 0 Å². The second-order valence-electron chi connectivity index (χ2n) is 2.49. The van der Waals surface area contributed by atoms with E-state index in [1.54, 1.807) is 22.6 Å². The fourth-order valence-electron chi connectivity index (χ4n) is 0.865. The number of carboxylic acids is 1. The predicted molar refractivity (Wildman–Crippen MR) is 52.8 cm³/mol. The molecule has 0 spiro atoms. The first-order valence-electron chi connectivity index (χ1n) is 3.58. The molecule has 0 amide bonds. The minimum atomic E-state index is -4.82. The third kappa shape index (κ3) is 3.57. The van der Waals surface area contributed by atoms with Gasteiger partial charge in [-0.1, -0.05) is 0 Å². The Kier molecular flexibility index (Phi) is 3.42. The van der Waals surface area contributed by atoms with Gasteiger partial charge in [0.2, 0.25) is 0 Å². The smallest absolute Gasteiger partial charge is 0.478 e. The van der Waals surface area contributed by atoms with Gasteiger partial charge in [0.1, 0.15) is 5.75 Å². The summed E-state index contributed by atoms with van der Waals surface area (Å²) in [6.45, 7) is 0. The Morgan fingerprint density at radius 2 is 2.00 bits per heavy atom. The SMILES string of the molecule is O=C(O)c1cc(OC(F)(F)F)ccc1I. The molecule has 1 N–H and O–H groups in total. The van der Waals surface area contributed by atoms with Gasteiger partial charge >= 0.3 is 12.3 Å². The van der Waals surface area contributed by atoms with Crippen molar-refractivity contribution >= 4 is 28.6 Å². The van der Waals surface area contributed by atoms with Crippen LogP contribution in [0.3, 0.4) is 0 Å². The van der Waals surface area contributed by atoms with E-state index < -0.39 is 18.1 Å². The molecule has 0 aliphatic heterocycles. The molecule has 0 radical (unpaired) electrons. The molecular formula is C8H4F3IO3. The van der Waals surface area contributed by atoms with Crippen molar-refractivity contribution in [2.75, 3.05) is 0 Å². The van der Waals surface area contributed by atoms with Gasteiger partial charge in [0, 0.05) is 3.57 Å². The minimum Gasteiger partial charge on any atom is -0.478 e. The van der Waals surface area contributed by atoms with Crippen LogP contribution in [0, 0.1) is 3.57 Å². The summed E-state index contributed by atoms with van der Waals surface area (Å²) < 4.78 is 39.3. The van der Waals surface area contributed by atoms with Crippen LogP contribution in [0.1, 0.15) is 10.4 Å². The second kappa shape index (κ2) is 4.25. The molecule has 1 rings (SSSR count). The summed E-state index contributed by atoms with van der Waals surface area (Å²) in [6.07, 6.45) is -4.82. The van der Waals surface area contributed by atoms with Crippen LogP contribution in [-0.2, 0) is 0 Å². The highest BCUT2D eigenvalue weighted by Gasteiger charge is 2.31. The van der Waals surface area contributed by atoms with Crippen molar-refractivity contribution in [2.45, 2.75) is 6.36 Å². The average molecular weight is 332 g/mol. The lowest BCUT2D eigenvalue weighted by Crippen LogP contribution is -2.17. The number of halogens is 4. The van der Waals surface area contributed by atoms with Crippen LogP contribution < -0.4 is 4.74 Å². The van der Waals surface area contributed by atoms with Gasteiger partial charge in [-0.2, -0.15) is 0 Å². The monoisotopic (exact) mass is 332 g/mol. The maximum atomic E-state index is 11.8. The molecule has 15 heavy (non-hydrogen) atoms. The number of hydrogen-bond acceptors (Lipinski definition) is 2. The molecule has 3 nitrogen and oxygen atoms in total. The van der Waals surface area contributed by atoms with Crippen LogP contribution in [-0.4, -0.2) is 17.4 Å². The second-order valence-corrected chi connectivity index (χ2v) is 3.66. The van der Waals surface area contributed by atoms with Crippen molar-refractivity contribution in [1.82, 2.24) is 0 Å². The molecule has 0 bridgehead atoms. The summed E-state index contributed by atoms with van der Waals surface area (Å²) in [6, 6.07) is 3.13. The molecule has 0 fully saturated rings. The number of aromatic carboxylic acids is 1. The first-order chi connectivity index (χ1) is 6.79. The zero-order valence-corrected chi connectivity index (χ0v) is 9.17. The summed E-state index contributed by atoms with van der Waals surface area (Å²) in [5, 5.41) is 8.65. The van der Waals surface area contributed by atoms with E-state index >= 15 is 0 Å². The summed E-state index contributed by atoms with van der Waals surface area (Å²) in [5.74, 6) is -1.84. The molecule has 1 aromatic carbocycles. The predicted octanol–water partition coefficient (Wildman–Crippen LogP) is 2.89. The number of benzene rings is 1. The van der Waals surface area contributed by atoms with Crippen molar-refractivity contribution in [3.63, 3.8) is 0 Å². The minimum absolute atomic E-state index is 0.225. The third-order valence-electron chi connectivity index (χ3n) is 1.40. The Morgan fingerprint density at radius 1 is 1.40 bits per heavy atom. The number of alkyl halides is 3. The van der Waals surface area contributed by atoms with E-state index in [4.69, 9.17) is 5.11 Å².